The second-order valence-electron chi connectivity index (χ2n) is 6.17. The van der Waals surface area contributed by atoms with Gasteiger partial charge in [0, 0.05) is 26.7 Å². The Kier molecular flexibility index (Phi) is 10.7. The zero-order valence-corrected chi connectivity index (χ0v) is 18.6. The minimum atomic E-state index is 0. The molecule has 2 rings (SSSR count). The number of hydrogen-bond donors (Lipinski definition) is 1. The number of nitrogens with zero attached hydrogens (tertiary/aromatic N) is 2. The van der Waals surface area contributed by atoms with Crippen LogP contribution in [0.15, 0.2) is 29.3 Å². The Labute approximate surface area is 174 Å². The lowest BCUT2D eigenvalue weighted by molar-refractivity contribution is 0.0263. The van der Waals surface area contributed by atoms with Crippen molar-refractivity contribution in [3.05, 3.63) is 24.3 Å². The topological polar surface area (TPSA) is 55.3 Å². The summed E-state index contributed by atoms with van der Waals surface area (Å²) in [5.41, 5.74) is 0. The van der Waals surface area contributed by atoms with Crippen molar-refractivity contribution in [1.82, 2.24) is 10.2 Å². The van der Waals surface area contributed by atoms with Crippen molar-refractivity contribution in [1.29, 1.82) is 0 Å². The molecule has 1 atom stereocenters. The van der Waals surface area contributed by atoms with Crippen LogP contribution in [0.1, 0.15) is 26.7 Å². The van der Waals surface area contributed by atoms with Crippen LogP contribution in [0.5, 0.6) is 11.5 Å². The molecule has 6 nitrogen and oxygen atoms in total. The van der Waals surface area contributed by atoms with E-state index in [1.54, 1.807) is 7.11 Å². The van der Waals surface area contributed by atoms with E-state index in [4.69, 9.17) is 14.2 Å². The van der Waals surface area contributed by atoms with Crippen LogP contribution in [-0.2, 0) is 4.74 Å². The van der Waals surface area contributed by atoms with Crippen molar-refractivity contribution >= 4 is 29.9 Å². The maximum atomic E-state index is 5.93. The SMILES string of the molecule is CCOC1CCN(C(=NC)NCC(C)Oc2ccc(OC)cc2)CC1.I. The maximum absolute atomic E-state index is 5.93. The minimum absolute atomic E-state index is 0. The summed E-state index contributed by atoms with van der Waals surface area (Å²) in [6, 6.07) is 7.64. The quantitative estimate of drug-likeness (QED) is 0.372. The third kappa shape index (κ3) is 7.19. The third-order valence-corrected chi connectivity index (χ3v) is 4.30. The number of ether oxygens (including phenoxy) is 3. The first-order valence-corrected chi connectivity index (χ1v) is 9.04. The van der Waals surface area contributed by atoms with E-state index in [2.05, 4.69) is 22.1 Å². The summed E-state index contributed by atoms with van der Waals surface area (Å²) in [7, 11) is 3.48. The van der Waals surface area contributed by atoms with Crippen LogP contribution in [-0.4, -0.2) is 63.5 Å². The Morgan fingerprint density at radius 2 is 1.85 bits per heavy atom. The highest BCUT2D eigenvalue weighted by Crippen LogP contribution is 2.18. The van der Waals surface area contributed by atoms with Gasteiger partial charge in [-0.05, 0) is 51.0 Å². The molecule has 1 aliphatic rings. The number of hydrogen-bond acceptors (Lipinski definition) is 4. The molecule has 1 N–H and O–H groups in total. The normalized spacial score (nSPS) is 16.6. The van der Waals surface area contributed by atoms with E-state index >= 15 is 0 Å². The van der Waals surface area contributed by atoms with Crippen molar-refractivity contribution in [2.24, 2.45) is 4.99 Å². The third-order valence-electron chi connectivity index (χ3n) is 4.30. The number of benzene rings is 1. The van der Waals surface area contributed by atoms with Crippen LogP contribution in [0.3, 0.4) is 0 Å². The van der Waals surface area contributed by atoms with Gasteiger partial charge in [-0.25, -0.2) is 0 Å². The first-order valence-electron chi connectivity index (χ1n) is 9.04. The molecule has 0 bridgehead atoms. The molecule has 0 saturated carbocycles. The molecule has 1 unspecified atom stereocenters. The predicted molar refractivity (Wildman–Crippen MR) is 116 cm³/mol. The zero-order chi connectivity index (χ0) is 18.1. The van der Waals surface area contributed by atoms with Crippen LogP contribution in [0, 0.1) is 0 Å². The Bertz CT molecular complexity index is 531. The molecule has 0 aromatic heterocycles. The summed E-state index contributed by atoms with van der Waals surface area (Å²) in [6.45, 7) is 7.53. The molecular formula is C19H32IN3O3. The van der Waals surface area contributed by atoms with Gasteiger partial charge < -0.3 is 24.4 Å². The standard InChI is InChI=1S/C19H31N3O3.HI/c1-5-24-17-10-12-22(13-11-17)19(20-3)21-14-15(2)25-18-8-6-16(23-4)7-9-18;/h6-9,15,17H,5,10-14H2,1-4H3,(H,20,21);1H. The second-order valence-corrected chi connectivity index (χ2v) is 6.17. The highest BCUT2D eigenvalue weighted by Gasteiger charge is 2.21. The molecule has 1 heterocycles. The van der Waals surface area contributed by atoms with Gasteiger partial charge in [-0.15, -0.1) is 24.0 Å². The molecular weight excluding hydrogens is 445 g/mol. The van der Waals surface area contributed by atoms with Crippen molar-refractivity contribution < 1.29 is 14.2 Å². The number of aliphatic imine (C=N–C) groups is 1. The fourth-order valence-electron chi connectivity index (χ4n) is 2.97. The highest BCUT2D eigenvalue weighted by molar-refractivity contribution is 14.0. The molecule has 0 spiro atoms. The van der Waals surface area contributed by atoms with Crippen LogP contribution in [0.4, 0.5) is 0 Å². The molecule has 0 radical (unpaired) electrons. The smallest absolute Gasteiger partial charge is 0.193 e. The van der Waals surface area contributed by atoms with Gasteiger partial charge in [0.15, 0.2) is 5.96 Å². The first-order chi connectivity index (χ1) is 12.2. The van der Waals surface area contributed by atoms with Gasteiger partial charge in [0.25, 0.3) is 0 Å². The van der Waals surface area contributed by atoms with Crippen molar-refractivity contribution in [3.63, 3.8) is 0 Å². The summed E-state index contributed by atoms with van der Waals surface area (Å²) in [5.74, 6) is 2.59. The van der Waals surface area contributed by atoms with E-state index in [0.29, 0.717) is 12.6 Å². The Balaban J connectivity index is 0.00000338. The van der Waals surface area contributed by atoms with Gasteiger partial charge in [-0.1, -0.05) is 0 Å². The molecule has 1 fully saturated rings. The van der Waals surface area contributed by atoms with Gasteiger partial charge in [0.05, 0.1) is 19.8 Å². The molecule has 26 heavy (non-hydrogen) atoms. The summed E-state index contributed by atoms with van der Waals surface area (Å²) >= 11 is 0. The van der Waals surface area contributed by atoms with E-state index < -0.39 is 0 Å². The maximum Gasteiger partial charge on any atom is 0.193 e. The number of rotatable bonds is 7. The van der Waals surface area contributed by atoms with Crippen molar-refractivity contribution in [2.75, 3.05) is 40.4 Å². The Morgan fingerprint density at radius 3 is 2.38 bits per heavy atom. The summed E-state index contributed by atoms with van der Waals surface area (Å²) in [4.78, 5) is 6.69. The summed E-state index contributed by atoms with van der Waals surface area (Å²) in [5, 5.41) is 3.41. The van der Waals surface area contributed by atoms with Crippen molar-refractivity contribution in [2.45, 2.75) is 38.9 Å². The summed E-state index contributed by atoms with van der Waals surface area (Å²) < 4.78 is 16.8. The molecule has 7 heteroatoms. The lowest BCUT2D eigenvalue weighted by atomic mass is 10.1. The molecule has 1 aromatic carbocycles. The van der Waals surface area contributed by atoms with E-state index in [-0.39, 0.29) is 30.1 Å². The zero-order valence-electron chi connectivity index (χ0n) is 16.2. The number of piperidine rings is 1. The molecule has 1 aromatic rings. The molecule has 148 valence electrons. The van der Waals surface area contributed by atoms with E-state index in [1.165, 1.54) is 0 Å². The molecule has 1 aliphatic heterocycles. The lowest BCUT2D eigenvalue weighted by Gasteiger charge is -2.34. The van der Waals surface area contributed by atoms with Crippen LogP contribution in [0.25, 0.3) is 0 Å². The molecule has 0 aliphatic carbocycles. The minimum Gasteiger partial charge on any atom is -0.497 e. The average molecular weight is 477 g/mol. The Hall–Kier alpha value is -1.22. The fraction of sp³-hybridized carbons (Fsp3) is 0.632. The first kappa shape index (κ1) is 22.8. The number of methoxy groups -OCH3 is 1. The molecule has 0 amide bonds. The van der Waals surface area contributed by atoms with Crippen LogP contribution >= 0.6 is 24.0 Å². The van der Waals surface area contributed by atoms with Gasteiger partial charge in [-0.2, -0.15) is 0 Å². The number of halogens is 1. The van der Waals surface area contributed by atoms with Gasteiger partial charge in [0.1, 0.15) is 17.6 Å². The van der Waals surface area contributed by atoms with E-state index in [0.717, 1.165) is 50.0 Å². The monoisotopic (exact) mass is 477 g/mol. The van der Waals surface area contributed by atoms with Crippen LogP contribution < -0.4 is 14.8 Å². The van der Waals surface area contributed by atoms with Gasteiger partial charge >= 0.3 is 0 Å². The fourth-order valence-corrected chi connectivity index (χ4v) is 2.97. The molecule has 1 saturated heterocycles. The number of nitrogens with one attached hydrogen (secondary N) is 1. The highest BCUT2D eigenvalue weighted by atomic mass is 127. The van der Waals surface area contributed by atoms with E-state index in [1.807, 2.05) is 38.2 Å². The Morgan fingerprint density at radius 1 is 1.23 bits per heavy atom. The van der Waals surface area contributed by atoms with E-state index in [9.17, 15) is 0 Å². The summed E-state index contributed by atoms with van der Waals surface area (Å²) in [6.07, 6.45) is 2.52. The van der Waals surface area contributed by atoms with Crippen LogP contribution in [0.2, 0.25) is 0 Å². The average Bonchev–Trinajstić information content (AvgIpc) is 2.64. The second kappa shape index (κ2) is 12.2. The lowest BCUT2D eigenvalue weighted by Crippen LogP contribution is -2.48. The number of guanidine groups is 1. The van der Waals surface area contributed by atoms with Gasteiger partial charge in [0.2, 0.25) is 0 Å². The largest absolute Gasteiger partial charge is 0.497 e. The van der Waals surface area contributed by atoms with Crippen molar-refractivity contribution in [3.8, 4) is 11.5 Å². The predicted octanol–water partition coefficient (Wildman–Crippen LogP) is 3.16. The van der Waals surface area contributed by atoms with Gasteiger partial charge in [-0.3, -0.25) is 4.99 Å². The number of likely N-dealkylation sites (tertiary alicyclic amines) is 1.